The molecule has 10 heteroatoms. The molecule has 0 aromatic heterocycles. The molecule has 1 aromatic rings. The van der Waals surface area contributed by atoms with Crippen LogP contribution in [0.25, 0.3) is 0 Å². The van der Waals surface area contributed by atoms with Crippen molar-refractivity contribution in [3.05, 3.63) is 29.8 Å². The van der Waals surface area contributed by atoms with Crippen molar-refractivity contribution in [2.24, 2.45) is 4.99 Å². The summed E-state index contributed by atoms with van der Waals surface area (Å²) < 4.78 is 43.1. The van der Waals surface area contributed by atoms with Gasteiger partial charge in [-0.05, 0) is 37.0 Å². The Labute approximate surface area is 174 Å². The van der Waals surface area contributed by atoms with Crippen molar-refractivity contribution >= 4 is 11.9 Å². The van der Waals surface area contributed by atoms with Crippen LogP contribution in [0.5, 0.6) is 5.75 Å². The van der Waals surface area contributed by atoms with Crippen LogP contribution in [0.15, 0.2) is 29.3 Å². The predicted molar refractivity (Wildman–Crippen MR) is 107 cm³/mol. The van der Waals surface area contributed by atoms with Crippen LogP contribution in [0.3, 0.4) is 0 Å². The maximum Gasteiger partial charge on any atom is 0.401 e. The molecular formula is C20H28F3N5O2. The van der Waals surface area contributed by atoms with Gasteiger partial charge in [0.2, 0.25) is 0 Å². The number of benzene rings is 1. The van der Waals surface area contributed by atoms with Crippen LogP contribution >= 0.6 is 0 Å². The first-order chi connectivity index (χ1) is 14.3. The van der Waals surface area contributed by atoms with Gasteiger partial charge in [-0.3, -0.25) is 14.7 Å². The van der Waals surface area contributed by atoms with Crippen LogP contribution in [-0.2, 0) is 11.3 Å². The molecule has 1 aromatic carbocycles. The molecule has 3 rings (SSSR count). The third-order valence-electron chi connectivity index (χ3n) is 4.91. The van der Waals surface area contributed by atoms with E-state index in [1.165, 1.54) is 4.90 Å². The predicted octanol–water partition coefficient (Wildman–Crippen LogP) is 1.65. The quantitative estimate of drug-likeness (QED) is 0.434. The number of ether oxygens (including phenoxy) is 1. The Morgan fingerprint density at radius 2 is 2.03 bits per heavy atom. The van der Waals surface area contributed by atoms with Crippen molar-refractivity contribution in [3.8, 4) is 5.75 Å². The fourth-order valence-electron chi connectivity index (χ4n) is 3.31. The summed E-state index contributed by atoms with van der Waals surface area (Å²) in [6, 6.07) is 7.60. The maximum absolute atomic E-state index is 12.5. The molecule has 1 saturated carbocycles. The van der Waals surface area contributed by atoms with Gasteiger partial charge in [0, 0.05) is 38.8 Å². The summed E-state index contributed by atoms with van der Waals surface area (Å²) in [5.74, 6) is 1.01. The maximum atomic E-state index is 12.5. The van der Waals surface area contributed by atoms with Crippen molar-refractivity contribution in [1.82, 2.24) is 20.9 Å². The number of aliphatic imine (C=N–C) groups is 1. The second-order valence-corrected chi connectivity index (χ2v) is 7.68. The third-order valence-corrected chi connectivity index (χ3v) is 4.91. The zero-order valence-corrected chi connectivity index (χ0v) is 17.0. The van der Waals surface area contributed by atoms with Gasteiger partial charge in [0.25, 0.3) is 5.91 Å². The number of hydrogen-bond donors (Lipinski definition) is 3. The fourth-order valence-corrected chi connectivity index (χ4v) is 3.31. The van der Waals surface area contributed by atoms with Gasteiger partial charge in [-0.1, -0.05) is 12.1 Å². The van der Waals surface area contributed by atoms with E-state index in [-0.39, 0.29) is 18.6 Å². The molecule has 3 N–H and O–H groups in total. The van der Waals surface area contributed by atoms with Crippen LogP contribution in [-0.4, -0.2) is 68.3 Å². The van der Waals surface area contributed by atoms with E-state index in [1.807, 2.05) is 18.2 Å². The Balaban J connectivity index is 1.42. The van der Waals surface area contributed by atoms with E-state index in [1.54, 1.807) is 13.1 Å². The highest BCUT2D eigenvalue weighted by atomic mass is 19.4. The van der Waals surface area contributed by atoms with Crippen LogP contribution < -0.4 is 20.7 Å². The highest BCUT2D eigenvalue weighted by Gasteiger charge is 2.34. The lowest BCUT2D eigenvalue weighted by molar-refractivity contribution is -0.143. The first-order valence-corrected chi connectivity index (χ1v) is 10.1. The molecule has 1 heterocycles. The molecule has 0 radical (unpaired) electrons. The molecule has 7 nitrogen and oxygen atoms in total. The van der Waals surface area contributed by atoms with E-state index in [4.69, 9.17) is 4.74 Å². The molecule has 2 aliphatic rings. The van der Waals surface area contributed by atoms with Crippen molar-refractivity contribution < 1.29 is 22.7 Å². The lowest BCUT2D eigenvalue weighted by atomic mass is 10.2. The van der Waals surface area contributed by atoms with Gasteiger partial charge in [0.1, 0.15) is 5.75 Å². The van der Waals surface area contributed by atoms with E-state index in [0.29, 0.717) is 43.8 Å². The second kappa shape index (κ2) is 10.0. The van der Waals surface area contributed by atoms with Gasteiger partial charge in [0.05, 0.1) is 6.54 Å². The number of hydrogen-bond acceptors (Lipinski definition) is 4. The lowest BCUT2D eigenvalue weighted by Crippen LogP contribution is -2.44. The Morgan fingerprint density at radius 3 is 2.73 bits per heavy atom. The average molecular weight is 427 g/mol. The van der Waals surface area contributed by atoms with Crippen molar-refractivity contribution in [3.63, 3.8) is 0 Å². The summed E-state index contributed by atoms with van der Waals surface area (Å²) >= 11 is 0. The Kier molecular flexibility index (Phi) is 7.41. The van der Waals surface area contributed by atoms with E-state index >= 15 is 0 Å². The molecule has 1 aliphatic heterocycles. The van der Waals surface area contributed by atoms with Crippen LogP contribution in [0.4, 0.5) is 13.2 Å². The van der Waals surface area contributed by atoms with E-state index in [0.717, 1.165) is 18.4 Å². The smallest absolute Gasteiger partial charge is 0.401 e. The van der Waals surface area contributed by atoms with Gasteiger partial charge in [0.15, 0.2) is 12.6 Å². The van der Waals surface area contributed by atoms with Gasteiger partial charge < -0.3 is 20.7 Å². The summed E-state index contributed by atoms with van der Waals surface area (Å²) in [6.07, 6.45) is -1.49. The van der Waals surface area contributed by atoms with Crippen molar-refractivity contribution in [2.75, 3.05) is 33.3 Å². The molecule has 1 aliphatic carbocycles. The van der Waals surface area contributed by atoms with E-state index in [2.05, 4.69) is 20.9 Å². The van der Waals surface area contributed by atoms with Crippen LogP contribution in [0.1, 0.15) is 24.8 Å². The number of alkyl halides is 3. The molecule has 0 spiro atoms. The van der Waals surface area contributed by atoms with Gasteiger partial charge in [-0.25, -0.2) is 0 Å². The largest absolute Gasteiger partial charge is 0.484 e. The number of carbonyl (C=O) groups excluding carboxylic acids is 1. The summed E-state index contributed by atoms with van der Waals surface area (Å²) in [4.78, 5) is 17.3. The number of amides is 1. The van der Waals surface area contributed by atoms with Gasteiger partial charge in [-0.2, -0.15) is 13.2 Å². The standard InChI is InChI=1S/C20H28F3N5O2/c1-24-19(27-16-7-8-28(11-16)13-20(21,22)23)25-10-14-3-2-4-17(9-14)30-12-18(29)26-15-5-6-15/h2-4,9,15-16H,5-8,10-13H2,1H3,(H,26,29)(H2,24,25,27). The molecule has 1 atom stereocenters. The minimum atomic E-state index is -4.18. The zero-order chi connectivity index (χ0) is 21.6. The number of halogens is 3. The highest BCUT2D eigenvalue weighted by molar-refractivity contribution is 5.80. The minimum Gasteiger partial charge on any atom is -0.484 e. The Morgan fingerprint density at radius 1 is 1.23 bits per heavy atom. The molecule has 1 saturated heterocycles. The van der Waals surface area contributed by atoms with E-state index < -0.39 is 12.7 Å². The average Bonchev–Trinajstić information content (AvgIpc) is 3.40. The normalized spacial score (nSPS) is 20.1. The molecule has 1 amide bonds. The number of likely N-dealkylation sites (tertiary alicyclic amines) is 1. The highest BCUT2D eigenvalue weighted by Crippen LogP contribution is 2.20. The lowest BCUT2D eigenvalue weighted by Gasteiger charge is -2.20. The zero-order valence-electron chi connectivity index (χ0n) is 17.0. The van der Waals surface area contributed by atoms with E-state index in [9.17, 15) is 18.0 Å². The minimum absolute atomic E-state index is 0.0211. The molecule has 2 fully saturated rings. The Hall–Kier alpha value is -2.49. The Bertz CT molecular complexity index is 752. The van der Waals surface area contributed by atoms with Crippen molar-refractivity contribution in [1.29, 1.82) is 0 Å². The number of rotatable bonds is 8. The van der Waals surface area contributed by atoms with Crippen LogP contribution in [0, 0.1) is 0 Å². The molecule has 0 bridgehead atoms. The summed E-state index contributed by atoms with van der Waals surface area (Å²) in [7, 11) is 1.62. The number of guanidine groups is 1. The molecule has 166 valence electrons. The first kappa shape index (κ1) is 22.2. The molecule has 30 heavy (non-hydrogen) atoms. The summed E-state index contributed by atoms with van der Waals surface area (Å²) in [5.41, 5.74) is 0.933. The van der Waals surface area contributed by atoms with Crippen molar-refractivity contribution in [2.45, 2.75) is 44.1 Å². The number of carbonyl (C=O) groups is 1. The summed E-state index contributed by atoms with van der Waals surface area (Å²) in [5, 5.41) is 9.21. The van der Waals surface area contributed by atoms with Crippen LogP contribution in [0.2, 0.25) is 0 Å². The van der Waals surface area contributed by atoms with Gasteiger partial charge >= 0.3 is 6.18 Å². The fraction of sp³-hybridized carbons (Fsp3) is 0.600. The summed E-state index contributed by atoms with van der Waals surface area (Å²) in [6.45, 7) is 0.286. The molecular weight excluding hydrogens is 399 g/mol. The monoisotopic (exact) mass is 427 g/mol. The second-order valence-electron chi connectivity index (χ2n) is 7.68. The number of nitrogens with zero attached hydrogens (tertiary/aromatic N) is 2. The number of nitrogens with one attached hydrogen (secondary N) is 3. The van der Waals surface area contributed by atoms with Gasteiger partial charge in [-0.15, -0.1) is 0 Å². The molecule has 1 unspecified atom stereocenters. The third kappa shape index (κ3) is 7.74. The SMILES string of the molecule is CN=C(NCc1cccc(OCC(=O)NC2CC2)c1)NC1CCN(CC(F)(F)F)C1. The topological polar surface area (TPSA) is 78.0 Å². The first-order valence-electron chi connectivity index (χ1n) is 10.1.